The normalized spacial score (nSPS) is 31.8. The molecule has 0 bridgehead atoms. The molecule has 3 rings (SSSR count). The minimum absolute atomic E-state index is 0.197. The molecule has 0 amide bonds. The highest BCUT2D eigenvalue weighted by Gasteiger charge is 2.47. The molecule has 0 saturated carbocycles. The number of benzene rings is 1. The molecule has 0 aliphatic carbocycles. The molecule has 0 spiro atoms. The molecule has 3 heteroatoms. The Labute approximate surface area is 107 Å². The van der Waals surface area contributed by atoms with E-state index in [1.54, 1.807) is 6.07 Å². The van der Waals surface area contributed by atoms with Crippen LogP contribution in [0.25, 0.3) is 0 Å². The van der Waals surface area contributed by atoms with Gasteiger partial charge in [-0.2, -0.15) is 0 Å². The molecule has 2 saturated heterocycles. The number of halogens is 1. The van der Waals surface area contributed by atoms with Gasteiger partial charge in [0.1, 0.15) is 5.82 Å². The molecule has 0 aromatic heterocycles. The molecule has 2 unspecified atom stereocenters. The molecule has 2 fully saturated rings. The number of fused-ring (bicyclic) bond motifs is 1. The zero-order valence-corrected chi connectivity index (χ0v) is 10.8. The average Bonchev–Trinajstić information content (AvgIpc) is 2.88. The van der Waals surface area contributed by atoms with Crippen LogP contribution in [-0.4, -0.2) is 34.7 Å². The van der Waals surface area contributed by atoms with E-state index in [-0.39, 0.29) is 5.82 Å². The highest BCUT2D eigenvalue weighted by molar-refractivity contribution is 5.29. The van der Waals surface area contributed by atoms with Crippen molar-refractivity contribution in [2.75, 3.05) is 13.1 Å². The lowest BCUT2D eigenvalue weighted by Gasteiger charge is -2.30. The van der Waals surface area contributed by atoms with Crippen molar-refractivity contribution in [2.24, 2.45) is 0 Å². The zero-order valence-electron chi connectivity index (χ0n) is 10.8. The highest BCUT2D eigenvalue weighted by atomic mass is 19.1. The predicted molar refractivity (Wildman–Crippen MR) is 69.0 cm³/mol. The SMILES string of the molecule is Cc1cc(F)ccc1CC1(O)CCN2CCCC21. The summed E-state index contributed by atoms with van der Waals surface area (Å²) in [5.74, 6) is -0.197. The van der Waals surface area contributed by atoms with Crippen molar-refractivity contribution in [2.45, 2.75) is 44.2 Å². The van der Waals surface area contributed by atoms with Gasteiger partial charge in [0.05, 0.1) is 5.60 Å². The first-order valence-electron chi connectivity index (χ1n) is 6.80. The van der Waals surface area contributed by atoms with Crippen LogP contribution in [0.1, 0.15) is 30.4 Å². The van der Waals surface area contributed by atoms with Crippen LogP contribution in [0, 0.1) is 12.7 Å². The Bertz CT molecular complexity index is 462. The molecule has 2 atom stereocenters. The summed E-state index contributed by atoms with van der Waals surface area (Å²) in [6.45, 7) is 4.04. The molecule has 2 heterocycles. The largest absolute Gasteiger partial charge is 0.388 e. The third-order valence-electron chi connectivity index (χ3n) is 4.62. The molecule has 2 aliphatic heterocycles. The van der Waals surface area contributed by atoms with E-state index in [0.717, 1.165) is 37.1 Å². The average molecular weight is 249 g/mol. The second kappa shape index (κ2) is 4.32. The van der Waals surface area contributed by atoms with Gasteiger partial charge in [0.15, 0.2) is 0 Å². The van der Waals surface area contributed by atoms with Crippen LogP contribution < -0.4 is 0 Å². The number of rotatable bonds is 2. The number of nitrogens with zero attached hydrogens (tertiary/aromatic N) is 1. The Balaban J connectivity index is 1.83. The second-order valence-electron chi connectivity index (χ2n) is 5.80. The van der Waals surface area contributed by atoms with Crippen LogP contribution >= 0.6 is 0 Å². The molecular weight excluding hydrogens is 229 g/mol. The third kappa shape index (κ3) is 1.95. The van der Waals surface area contributed by atoms with Crippen molar-refractivity contribution in [3.8, 4) is 0 Å². The van der Waals surface area contributed by atoms with Crippen LogP contribution in [0.3, 0.4) is 0 Å². The van der Waals surface area contributed by atoms with Gasteiger partial charge in [0, 0.05) is 19.0 Å². The summed E-state index contributed by atoms with van der Waals surface area (Å²) in [5.41, 5.74) is 1.41. The van der Waals surface area contributed by atoms with E-state index in [1.165, 1.54) is 12.5 Å². The number of hydrogen-bond acceptors (Lipinski definition) is 2. The van der Waals surface area contributed by atoms with E-state index in [1.807, 2.05) is 13.0 Å². The van der Waals surface area contributed by atoms with Gasteiger partial charge in [-0.3, -0.25) is 4.90 Å². The third-order valence-corrected chi connectivity index (χ3v) is 4.62. The molecule has 98 valence electrons. The monoisotopic (exact) mass is 249 g/mol. The first-order chi connectivity index (χ1) is 8.58. The van der Waals surface area contributed by atoms with Gasteiger partial charge in [0.25, 0.3) is 0 Å². The van der Waals surface area contributed by atoms with Crippen molar-refractivity contribution in [3.63, 3.8) is 0 Å². The number of aliphatic hydroxyl groups is 1. The van der Waals surface area contributed by atoms with Crippen LogP contribution in [0.15, 0.2) is 18.2 Å². The number of hydrogen-bond donors (Lipinski definition) is 1. The van der Waals surface area contributed by atoms with Crippen LogP contribution in [-0.2, 0) is 6.42 Å². The van der Waals surface area contributed by atoms with Crippen LogP contribution in [0.4, 0.5) is 4.39 Å². The van der Waals surface area contributed by atoms with Crippen molar-refractivity contribution >= 4 is 0 Å². The fraction of sp³-hybridized carbons (Fsp3) is 0.600. The molecule has 18 heavy (non-hydrogen) atoms. The smallest absolute Gasteiger partial charge is 0.123 e. The minimum atomic E-state index is -0.612. The molecule has 2 aliphatic rings. The summed E-state index contributed by atoms with van der Waals surface area (Å²) in [7, 11) is 0. The maximum Gasteiger partial charge on any atom is 0.123 e. The Kier molecular flexibility index (Phi) is 2.91. The first-order valence-corrected chi connectivity index (χ1v) is 6.80. The van der Waals surface area contributed by atoms with Crippen LogP contribution in [0.2, 0.25) is 0 Å². The maximum atomic E-state index is 13.1. The fourth-order valence-corrected chi connectivity index (χ4v) is 3.60. The summed E-state index contributed by atoms with van der Waals surface area (Å²) in [4.78, 5) is 2.40. The van der Waals surface area contributed by atoms with Gasteiger partial charge in [-0.25, -0.2) is 4.39 Å². The highest BCUT2D eigenvalue weighted by Crippen LogP contribution is 2.38. The summed E-state index contributed by atoms with van der Waals surface area (Å²) in [6.07, 6.45) is 3.78. The van der Waals surface area contributed by atoms with Gasteiger partial charge in [-0.05, 0) is 56.0 Å². The van der Waals surface area contributed by atoms with Crippen molar-refractivity contribution < 1.29 is 9.50 Å². The topological polar surface area (TPSA) is 23.5 Å². The minimum Gasteiger partial charge on any atom is -0.388 e. The summed E-state index contributed by atoms with van der Waals surface area (Å²) >= 11 is 0. The maximum absolute atomic E-state index is 13.1. The Hall–Kier alpha value is -0.930. The van der Waals surface area contributed by atoms with Gasteiger partial charge in [0.2, 0.25) is 0 Å². The summed E-state index contributed by atoms with van der Waals surface area (Å²) in [5, 5.41) is 10.9. The molecule has 1 aromatic carbocycles. The van der Waals surface area contributed by atoms with E-state index in [9.17, 15) is 9.50 Å². The predicted octanol–water partition coefficient (Wildman–Crippen LogP) is 2.28. The van der Waals surface area contributed by atoms with E-state index in [0.29, 0.717) is 12.5 Å². The second-order valence-corrected chi connectivity index (χ2v) is 5.80. The lowest BCUT2D eigenvalue weighted by molar-refractivity contribution is 0.0139. The van der Waals surface area contributed by atoms with Crippen molar-refractivity contribution in [1.29, 1.82) is 0 Å². The zero-order chi connectivity index (χ0) is 12.8. The van der Waals surface area contributed by atoms with E-state index >= 15 is 0 Å². The standard InChI is InChI=1S/C15H20FNO/c1-11-9-13(16)5-4-12(11)10-15(18)6-8-17-7-2-3-14(15)17/h4-5,9,14,18H,2-3,6-8,10H2,1H3. The van der Waals surface area contributed by atoms with Crippen LogP contribution in [0.5, 0.6) is 0 Å². The lowest BCUT2D eigenvalue weighted by atomic mass is 9.85. The fourth-order valence-electron chi connectivity index (χ4n) is 3.60. The first kappa shape index (κ1) is 12.1. The van der Waals surface area contributed by atoms with Gasteiger partial charge in [-0.15, -0.1) is 0 Å². The quantitative estimate of drug-likeness (QED) is 0.869. The lowest BCUT2D eigenvalue weighted by Crippen LogP contribution is -2.43. The Morgan fingerprint density at radius 1 is 1.44 bits per heavy atom. The Morgan fingerprint density at radius 2 is 2.28 bits per heavy atom. The Morgan fingerprint density at radius 3 is 3.06 bits per heavy atom. The van der Waals surface area contributed by atoms with Gasteiger partial charge < -0.3 is 5.11 Å². The molecule has 1 aromatic rings. The van der Waals surface area contributed by atoms with Gasteiger partial charge >= 0.3 is 0 Å². The number of aryl methyl sites for hydroxylation is 1. The molecule has 1 N–H and O–H groups in total. The van der Waals surface area contributed by atoms with E-state index in [2.05, 4.69) is 4.90 Å². The summed E-state index contributed by atoms with van der Waals surface area (Å²) < 4.78 is 13.1. The van der Waals surface area contributed by atoms with Gasteiger partial charge in [-0.1, -0.05) is 6.07 Å². The molecular formula is C15H20FNO. The molecule has 2 nitrogen and oxygen atoms in total. The van der Waals surface area contributed by atoms with E-state index in [4.69, 9.17) is 0 Å². The molecule has 0 radical (unpaired) electrons. The van der Waals surface area contributed by atoms with Crippen molar-refractivity contribution in [1.82, 2.24) is 4.90 Å². The van der Waals surface area contributed by atoms with E-state index < -0.39 is 5.60 Å². The summed E-state index contributed by atoms with van der Waals surface area (Å²) in [6, 6.07) is 5.18. The van der Waals surface area contributed by atoms with Crippen molar-refractivity contribution in [3.05, 3.63) is 35.1 Å².